The van der Waals surface area contributed by atoms with Crippen molar-refractivity contribution in [3.8, 4) is 5.75 Å². The molecule has 15 heavy (non-hydrogen) atoms. The second kappa shape index (κ2) is 4.39. The SMILES string of the molecule is COc1c(C(F)F)cnc(C(=O)Cl)c1N. The van der Waals surface area contributed by atoms with E-state index in [0.29, 0.717) is 0 Å². The molecule has 82 valence electrons. The first-order chi connectivity index (χ1) is 6.99. The monoisotopic (exact) mass is 236 g/mol. The zero-order chi connectivity index (χ0) is 11.6. The minimum atomic E-state index is -2.78. The number of anilines is 1. The lowest BCUT2D eigenvalue weighted by Gasteiger charge is -2.11. The van der Waals surface area contributed by atoms with Crippen LogP contribution in [-0.4, -0.2) is 17.3 Å². The van der Waals surface area contributed by atoms with E-state index in [1.54, 1.807) is 0 Å². The summed E-state index contributed by atoms with van der Waals surface area (Å²) in [5.74, 6) is -0.274. The summed E-state index contributed by atoms with van der Waals surface area (Å²) < 4.78 is 29.5. The number of carbonyl (C=O) groups excluding carboxylic acids is 1. The van der Waals surface area contributed by atoms with Crippen molar-refractivity contribution in [2.24, 2.45) is 0 Å². The van der Waals surface area contributed by atoms with Crippen LogP contribution in [0.4, 0.5) is 14.5 Å². The van der Waals surface area contributed by atoms with E-state index in [0.717, 1.165) is 6.20 Å². The molecule has 0 aliphatic heterocycles. The number of ether oxygens (including phenoxy) is 1. The normalized spacial score (nSPS) is 10.5. The fourth-order valence-electron chi connectivity index (χ4n) is 1.07. The summed E-state index contributed by atoms with van der Waals surface area (Å²) in [6.07, 6.45) is -1.97. The van der Waals surface area contributed by atoms with E-state index in [4.69, 9.17) is 17.3 Å². The summed E-state index contributed by atoms with van der Waals surface area (Å²) in [5.41, 5.74) is 4.36. The lowest BCUT2D eigenvalue weighted by molar-refractivity contribution is 0.107. The zero-order valence-corrected chi connectivity index (χ0v) is 8.39. The van der Waals surface area contributed by atoms with Gasteiger partial charge in [-0.3, -0.25) is 4.79 Å². The summed E-state index contributed by atoms with van der Waals surface area (Å²) in [6.45, 7) is 0. The largest absolute Gasteiger partial charge is 0.494 e. The number of nitrogens with two attached hydrogens (primary N) is 1. The molecule has 0 spiro atoms. The Hall–Kier alpha value is -1.43. The third kappa shape index (κ3) is 2.15. The maximum atomic E-state index is 12.4. The molecule has 0 aromatic carbocycles. The molecule has 0 saturated carbocycles. The molecule has 0 saturated heterocycles. The van der Waals surface area contributed by atoms with Gasteiger partial charge in [-0.05, 0) is 11.6 Å². The highest BCUT2D eigenvalue weighted by atomic mass is 35.5. The zero-order valence-electron chi connectivity index (χ0n) is 7.63. The van der Waals surface area contributed by atoms with Gasteiger partial charge >= 0.3 is 0 Å². The second-order valence-electron chi connectivity index (χ2n) is 2.58. The molecule has 1 aromatic heterocycles. The van der Waals surface area contributed by atoms with Gasteiger partial charge in [0.15, 0.2) is 5.75 Å². The summed E-state index contributed by atoms with van der Waals surface area (Å²) >= 11 is 5.14. The quantitative estimate of drug-likeness (QED) is 0.815. The number of rotatable bonds is 3. The average molecular weight is 237 g/mol. The highest BCUT2D eigenvalue weighted by Gasteiger charge is 2.21. The van der Waals surface area contributed by atoms with Crippen LogP contribution in [0.2, 0.25) is 0 Å². The summed E-state index contributed by atoms with van der Waals surface area (Å²) in [5, 5.41) is -0.924. The third-order valence-corrected chi connectivity index (χ3v) is 1.90. The molecular weight excluding hydrogens is 230 g/mol. The number of hydrogen-bond acceptors (Lipinski definition) is 4. The minimum absolute atomic E-state index is 0.274. The smallest absolute Gasteiger partial charge is 0.273 e. The molecule has 1 aromatic rings. The van der Waals surface area contributed by atoms with Crippen molar-refractivity contribution in [3.63, 3.8) is 0 Å². The van der Waals surface area contributed by atoms with Gasteiger partial charge in [0.1, 0.15) is 11.4 Å². The van der Waals surface area contributed by atoms with Crippen molar-refractivity contribution in [1.29, 1.82) is 0 Å². The van der Waals surface area contributed by atoms with Crippen LogP contribution in [0.5, 0.6) is 5.75 Å². The number of halogens is 3. The summed E-state index contributed by atoms with van der Waals surface area (Å²) in [7, 11) is 1.17. The van der Waals surface area contributed by atoms with Crippen molar-refractivity contribution >= 4 is 22.5 Å². The Morgan fingerprint density at radius 3 is 2.67 bits per heavy atom. The van der Waals surface area contributed by atoms with Gasteiger partial charge in [0.25, 0.3) is 11.7 Å². The highest BCUT2D eigenvalue weighted by molar-refractivity contribution is 6.68. The van der Waals surface area contributed by atoms with E-state index in [1.165, 1.54) is 7.11 Å². The fourth-order valence-corrected chi connectivity index (χ4v) is 1.22. The van der Waals surface area contributed by atoms with Gasteiger partial charge < -0.3 is 10.5 Å². The van der Waals surface area contributed by atoms with Crippen LogP contribution < -0.4 is 10.5 Å². The number of pyridine rings is 1. The van der Waals surface area contributed by atoms with E-state index < -0.39 is 17.2 Å². The van der Waals surface area contributed by atoms with Crippen molar-refractivity contribution in [2.45, 2.75) is 6.43 Å². The number of carbonyl (C=O) groups is 1. The predicted molar refractivity (Wildman–Crippen MR) is 50.3 cm³/mol. The van der Waals surface area contributed by atoms with Crippen LogP contribution in [0, 0.1) is 0 Å². The van der Waals surface area contributed by atoms with E-state index in [9.17, 15) is 13.6 Å². The van der Waals surface area contributed by atoms with E-state index >= 15 is 0 Å². The van der Waals surface area contributed by atoms with Gasteiger partial charge in [-0.25, -0.2) is 13.8 Å². The van der Waals surface area contributed by atoms with Crippen LogP contribution in [-0.2, 0) is 0 Å². The third-order valence-electron chi connectivity index (χ3n) is 1.72. The fraction of sp³-hybridized carbons (Fsp3) is 0.250. The number of hydrogen-bond donors (Lipinski definition) is 1. The molecule has 7 heteroatoms. The number of nitrogen functional groups attached to an aromatic ring is 1. The van der Waals surface area contributed by atoms with Crippen LogP contribution >= 0.6 is 11.6 Å². The van der Waals surface area contributed by atoms with Gasteiger partial charge in [0.2, 0.25) is 0 Å². The molecule has 0 radical (unpaired) electrons. The van der Waals surface area contributed by atoms with Crippen molar-refractivity contribution in [2.75, 3.05) is 12.8 Å². The van der Waals surface area contributed by atoms with Gasteiger partial charge in [0.05, 0.1) is 12.7 Å². The Bertz CT molecular complexity index is 398. The molecule has 0 fully saturated rings. The van der Waals surface area contributed by atoms with Crippen LogP contribution in [0.25, 0.3) is 0 Å². The molecule has 2 N–H and O–H groups in total. The van der Waals surface area contributed by atoms with E-state index in [1.807, 2.05) is 0 Å². The first-order valence-electron chi connectivity index (χ1n) is 3.79. The summed E-state index contributed by atoms with van der Waals surface area (Å²) in [6, 6.07) is 0. The van der Waals surface area contributed by atoms with Crippen molar-refractivity contribution in [3.05, 3.63) is 17.5 Å². The Labute approximate surface area is 89.0 Å². The van der Waals surface area contributed by atoms with E-state index in [-0.39, 0.29) is 17.1 Å². The molecule has 0 amide bonds. The lowest BCUT2D eigenvalue weighted by atomic mass is 10.2. The molecule has 0 atom stereocenters. The standard InChI is InChI=1S/C8H7ClF2N2O2/c1-15-6-3(8(10)11)2-13-5(4(6)12)7(9)14/h2,8H,12H2,1H3. The number of methoxy groups -OCH3 is 1. The van der Waals surface area contributed by atoms with E-state index in [2.05, 4.69) is 9.72 Å². The van der Waals surface area contributed by atoms with Gasteiger partial charge in [-0.15, -0.1) is 0 Å². The number of aromatic nitrogens is 1. The van der Waals surface area contributed by atoms with Gasteiger partial charge in [0, 0.05) is 6.20 Å². The Kier molecular flexibility index (Phi) is 3.41. The first-order valence-corrected chi connectivity index (χ1v) is 4.17. The Morgan fingerprint density at radius 2 is 2.27 bits per heavy atom. The first kappa shape index (κ1) is 11.6. The van der Waals surface area contributed by atoms with Crippen LogP contribution in [0.15, 0.2) is 6.20 Å². The molecule has 0 aliphatic rings. The predicted octanol–water partition coefficient (Wildman–Crippen LogP) is 1.99. The molecule has 0 aliphatic carbocycles. The topological polar surface area (TPSA) is 65.2 Å². The molecule has 1 rings (SSSR count). The number of nitrogens with zero attached hydrogens (tertiary/aromatic N) is 1. The Balaban J connectivity index is 3.39. The van der Waals surface area contributed by atoms with Crippen LogP contribution in [0.1, 0.15) is 22.5 Å². The van der Waals surface area contributed by atoms with Gasteiger partial charge in [-0.1, -0.05) is 0 Å². The Morgan fingerprint density at radius 1 is 1.67 bits per heavy atom. The van der Waals surface area contributed by atoms with Crippen molar-refractivity contribution < 1.29 is 18.3 Å². The maximum Gasteiger partial charge on any atom is 0.273 e. The molecule has 0 unspecified atom stereocenters. The molecule has 4 nitrogen and oxygen atoms in total. The average Bonchev–Trinajstić information content (AvgIpc) is 2.16. The van der Waals surface area contributed by atoms with Crippen molar-refractivity contribution in [1.82, 2.24) is 4.98 Å². The second-order valence-corrected chi connectivity index (χ2v) is 2.93. The highest BCUT2D eigenvalue weighted by Crippen LogP contribution is 2.34. The van der Waals surface area contributed by atoms with Gasteiger partial charge in [-0.2, -0.15) is 0 Å². The molecule has 0 bridgehead atoms. The van der Waals surface area contributed by atoms with Crippen LogP contribution in [0.3, 0.4) is 0 Å². The number of alkyl halides is 2. The lowest BCUT2D eigenvalue weighted by Crippen LogP contribution is -2.06. The molecule has 1 heterocycles. The summed E-state index contributed by atoms with van der Waals surface area (Å²) in [4.78, 5) is 14.2. The minimum Gasteiger partial charge on any atom is -0.494 e. The molecular formula is C8H7ClF2N2O2. The maximum absolute atomic E-state index is 12.4.